The van der Waals surface area contributed by atoms with Crippen molar-refractivity contribution in [1.82, 2.24) is 4.98 Å². The molecular weight excluding hydrogens is 266 g/mol. The third kappa shape index (κ3) is 3.40. The Morgan fingerprint density at radius 3 is 2.45 bits per heavy atom. The molecule has 0 N–H and O–H groups in total. The minimum atomic E-state index is -0.0426. The highest BCUT2D eigenvalue weighted by molar-refractivity contribution is 6.21. The molecule has 0 radical (unpaired) electrons. The van der Waals surface area contributed by atoms with Crippen LogP contribution in [0.25, 0.3) is 0 Å². The molecule has 1 nitrogen and oxygen atoms in total. The van der Waals surface area contributed by atoms with Gasteiger partial charge < -0.3 is 0 Å². The van der Waals surface area contributed by atoms with E-state index in [-0.39, 0.29) is 10.8 Å². The molecular formula is C18H22ClN. The molecule has 0 amide bonds. The molecule has 0 fully saturated rings. The van der Waals surface area contributed by atoms with E-state index in [0.717, 1.165) is 12.1 Å². The van der Waals surface area contributed by atoms with Gasteiger partial charge in [-0.15, -0.1) is 11.6 Å². The molecule has 0 spiro atoms. The lowest BCUT2D eigenvalue weighted by Crippen LogP contribution is -2.15. The Balaban J connectivity index is 2.31. The van der Waals surface area contributed by atoms with Crippen LogP contribution in [0.3, 0.4) is 0 Å². The Hall–Kier alpha value is -1.34. The van der Waals surface area contributed by atoms with Crippen LogP contribution in [-0.4, -0.2) is 4.98 Å². The van der Waals surface area contributed by atoms with E-state index < -0.39 is 0 Å². The third-order valence-corrected chi connectivity index (χ3v) is 3.99. The standard InChI is InChI=1S/C18H22ClN/c1-13-8-7-11-20-17(13)12-16(19)14-9-5-6-10-15(14)18(2,3)4/h5-11,16H,12H2,1-4H3. The zero-order chi connectivity index (χ0) is 14.8. The number of nitrogens with zero attached hydrogens (tertiary/aromatic N) is 1. The molecule has 106 valence electrons. The maximum atomic E-state index is 6.68. The molecule has 1 aromatic carbocycles. The fourth-order valence-electron chi connectivity index (χ4n) is 2.46. The molecule has 1 aromatic heterocycles. The van der Waals surface area contributed by atoms with Crippen molar-refractivity contribution in [3.63, 3.8) is 0 Å². The van der Waals surface area contributed by atoms with Gasteiger partial charge in [-0.3, -0.25) is 4.98 Å². The zero-order valence-electron chi connectivity index (χ0n) is 12.7. The van der Waals surface area contributed by atoms with Gasteiger partial charge in [0, 0.05) is 18.3 Å². The van der Waals surface area contributed by atoms with E-state index in [0.29, 0.717) is 0 Å². The lowest BCUT2D eigenvalue weighted by atomic mass is 9.82. The van der Waals surface area contributed by atoms with Crippen LogP contribution in [-0.2, 0) is 11.8 Å². The topological polar surface area (TPSA) is 12.9 Å². The lowest BCUT2D eigenvalue weighted by molar-refractivity contribution is 0.580. The molecule has 0 aliphatic heterocycles. The number of rotatable bonds is 3. The minimum absolute atomic E-state index is 0.0426. The molecule has 1 unspecified atom stereocenters. The van der Waals surface area contributed by atoms with Gasteiger partial charge in [0.15, 0.2) is 0 Å². The van der Waals surface area contributed by atoms with E-state index >= 15 is 0 Å². The summed E-state index contributed by atoms with van der Waals surface area (Å²) in [4.78, 5) is 4.45. The first-order valence-electron chi connectivity index (χ1n) is 7.03. The first-order chi connectivity index (χ1) is 9.39. The Morgan fingerprint density at radius 2 is 1.80 bits per heavy atom. The monoisotopic (exact) mass is 287 g/mol. The fourth-order valence-corrected chi connectivity index (χ4v) is 2.80. The van der Waals surface area contributed by atoms with Crippen LogP contribution in [0.5, 0.6) is 0 Å². The van der Waals surface area contributed by atoms with Crippen molar-refractivity contribution in [2.45, 2.75) is 44.9 Å². The van der Waals surface area contributed by atoms with Crippen molar-refractivity contribution in [2.75, 3.05) is 0 Å². The third-order valence-electron chi connectivity index (χ3n) is 3.60. The van der Waals surface area contributed by atoms with Crippen LogP contribution in [0.4, 0.5) is 0 Å². The molecule has 0 aliphatic rings. The van der Waals surface area contributed by atoms with E-state index in [1.807, 2.05) is 12.3 Å². The number of aryl methyl sites for hydroxylation is 1. The highest BCUT2D eigenvalue weighted by atomic mass is 35.5. The van der Waals surface area contributed by atoms with Crippen LogP contribution < -0.4 is 0 Å². The predicted octanol–water partition coefficient (Wildman–Crippen LogP) is 5.21. The number of halogens is 1. The minimum Gasteiger partial charge on any atom is -0.261 e. The van der Waals surface area contributed by atoms with Crippen LogP contribution in [0.1, 0.15) is 48.5 Å². The molecule has 0 saturated carbocycles. The van der Waals surface area contributed by atoms with E-state index in [2.05, 4.69) is 63.0 Å². The van der Waals surface area contributed by atoms with E-state index in [4.69, 9.17) is 11.6 Å². The number of benzene rings is 1. The number of pyridine rings is 1. The first kappa shape index (κ1) is 15.1. The lowest BCUT2D eigenvalue weighted by Gasteiger charge is -2.25. The van der Waals surface area contributed by atoms with Crippen molar-refractivity contribution in [2.24, 2.45) is 0 Å². The average Bonchev–Trinajstić information content (AvgIpc) is 2.40. The highest BCUT2D eigenvalue weighted by Gasteiger charge is 2.22. The van der Waals surface area contributed by atoms with Crippen molar-refractivity contribution >= 4 is 11.6 Å². The van der Waals surface area contributed by atoms with Gasteiger partial charge in [-0.25, -0.2) is 0 Å². The summed E-state index contributed by atoms with van der Waals surface area (Å²) < 4.78 is 0. The summed E-state index contributed by atoms with van der Waals surface area (Å²) in [5.74, 6) is 0. The SMILES string of the molecule is Cc1cccnc1CC(Cl)c1ccccc1C(C)(C)C. The van der Waals surface area contributed by atoms with Gasteiger partial charge >= 0.3 is 0 Å². The molecule has 1 heterocycles. The van der Waals surface area contributed by atoms with Crippen LogP contribution in [0.15, 0.2) is 42.6 Å². The molecule has 20 heavy (non-hydrogen) atoms. The fraction of sp³-hybridized carbons (Fsp3) is 0.389. The molecule has 1 atom stereocenters. The smallest absolute Gasteiger partial charge is 0.0643 e. The van der Waals surface area contributed by atoms with Gasteiger partial charge in [0.2, 0.25) is 0 Å². The van der Waals surface area contributed by atoms with Gasteiger partial charge in [-0.2, -0.15) is 0 Å². The van der Waals surface area contributed by atoms with E-state index in [1.54, 1.807) is 0 Å². The summed E-state index contributed by atoms with van der Waals surface area (Å²) in [5, 5.41) is -0.0426. The summed E-state index contributed by atoms with van der Waals surface area (Å²) in [6.07, 6.45) is 2.60. The summed E-state index contributed by atoms with van der Waals surface area (Å²) in [5.41, 5.74) is 4.91. The Labute approximate surface area is 127 Å². The zero-order valence-corrected chi connectivity index (χ0v) is 13.4. The molecule has 0 bridgehead atoms. The van der Waals surface area contributed by atoms with E-state index in [1.165, 1.54) is 16.7 Å². The quantitative estimate of drug-likeness (QED) is 0.706. The maximum Gasteiger partial charge on any atom is 0.0643 e. The first-order valence-corrected chi connectivity index (χ1v) is 7.47. The maximum absolute atomic E-state index is 6.68. The molecule has 2 heteroatoms. The van der Waals surface area contributed by atoms with Crippen molar-refractivity contribution in [1.29, 1.82) is 0 Å². The van der Waals surface area contributed by atoms with Gasteiger partial charge in [0.1, 0.15) is 0 Å². The number of aromatic nitrogens is 1. The molecule has 2 rings (SSSR count). The van der Waals surface area contributed by atoms with Crippen LogP contribution >= 0.6 is 11.6 Å². The molecule has 2 aromatic rings. The highest BCUT2D eigenvalue weighted by Crippen LogP contribution is 2.34. The number of alkyl halides is 1. The second-order valence-electron chi connectivity index (χ2n) is 6.28. The normalized spacial score (nSPS) is 13.2. The number of hydrogen-bond donors (Lipinski definition) is 0. The second-order valence-corrected chi connectivity index (χ2v) is 6.80. The largest absolute Gasteiger partial charge is 0.261 e. The second kappa shape index (κ2) is 5.97. The molecule has 0 saturated heterocycles. The number of hydrogen-bond acceptors (Lipinski definition) is 1. The van der Waals surface area contributed by atoms with Crippen molar-refractivity contribution in [3.8, 4) is 0 Å². The predicted molar refractivity (Wildman–Crippen MR) is 86.4 cm³/mol. The molecule has 0 aliphatic carbocycles. The summed E-state index contributed by atoms with van der Waals surface area (Å²) >= 11 is 6.68. The van der Waals surface area contributed by atoms with Gasteiger partial charge in [-0.1, -0.05) is 51.1 Å². The summed E-state index contributed by atoms with van der Waals surface area (Å²) in [6.45, 7) is 8.76. The Kier molecular flexibility index (Phi) is 4.49. The van der Waals surface area contributed by atoms with Gasteiger partial charge in [0.25, 0.3) is 0 Å². The van der Waals surface area contributed by atoms with Crippen molar-refractivity contribution in [3.05, 3.63) is 65.0 Å². The van der Waals surface area contributed by atoms with Crippen molar-refractivity contribution < 1.29 is 0 Å². The van der Waals surface area contributed by atoms with Crippen LogP contribution in [0.2, 0.25) is 0 Å². The van der Waals surface area contributed by atoms with E-state index in [9.17, 15) is 0 Å². The summed E-state index contributed by atoms with van der Waals surface area (Å²) in [7, 11) is 0. The summed E-state index contributed by atoms with van der Waals surface area (Å²) in [6, 6.07) is 12.5. The van der Waals surface area contributed by atoms with Crippen LogP contribution in [0, 0.1) is 6.92 Å². The van der Waals surface area contributed by atoms with Gasteiger partial charge in [0.05, 0.1) is 5.38 Å². The Morgan fingerprint density at radius 1 is 1.10 bits per heavy atom. The van der Waals surface area contributed by atoms with Gasteiger partial charge in [-0.05, 0) is 35.1 Å². The Bertz CT molecular complexity index is 584. The average molecular weight is 288 g/mol.